The lowest BCUT2D eigenvalue weighted by Gasteiger charge is -2.23. The lowest BCUT2D eigenvalue weighted by Crippen LogP contribution is -2.31. The van der Waals surface area contributed by atoms with Crippen molar-refractivity contribution in [1.29, 1.82) is 0 Å². The molecule has 1 aliphatic rings. The summed E-state index contributed by atoms with van der Waals surface area (Å²) in [6.45, 7) is 5.68. The minimum absolute atomic E-state index is 0.280. The van der Waals surface area contributed by atoms with Crippen LogP contribution in [0.3, 0.4) is 0 Å². The van der Waals surface area contributed by atoms with Gasteiger partial charge in [-0.3, -0.25) is 4.79 Å². The van der Waals surface area contributed by atoms with Gasteiger partial charge in [-0.05, 0) is 43.7 Å². The molecule has 102 valence electrons. The predicted molar refractivity (Wildman–Crippen MR) is 78.8 cm³/mol. The Labute approximate surface area is 116 Å². The Hall–Kier alpha value is -1.57. The van der Waals surface area contributed by atoms with Crippen LogP contribution in [0.5, 0.6) is 0 Å². The van der Waals surface area contributed by atoms with Crippen molar-refractivity contribution in [2.24, 2.45) is 5.92 Å². The molecule has 0 N–H and O–H groups in total. The zero-order valence-corrected chi connectivity index (χ0v) is 11.9. The van der Waals surface area contributed by atoms with E-state index in [9.17, 15) is 4.79 Å². The van der Waals surface area contributed by atoms with E-state index in [2.05, 4.69) is 38.1 Å². The van der Waals surface area contributed by atoms with Gasteiger partial charge in [0.1, 0.15) is 0 Å². The monoisotopic (exact) mass is 257 g/mol. The predicted octanol–water partition coefficient (Wildman–Crippen LogP) is 3.70. The summed E-state index contributed by atoms with van der Waals surface area (Å²) in [4.78, 5) is 14.3. The van der Waals surface area contributed by atoms with E-state index in [4.69, 9.17) is 0 Å². The summed E-state index contributed by atoms with van der Waals surface area (Å²) >= 11 is 0. The van der Waals surface area contributed by atoms with E-state index in [1.165, 1.54) is 11.1 Å². The lowest BCUT2D eigenvalue weighted by molar-refractivity contribution is -0.132. The topological polar surface area (TPSA) is 20.3 Å². The highest BCUT2D eigenvalue weighted by molar-refractivity contribution is 5.76. The van der Waals surface area contributed by atoms with Gasteiger partial charge in [0.2, 0.25) is 5.91 Å². The molecule has 2 rings (SSSR count). The molecule has 2 nitrogen and oxygen atoms in total. The largest absolute Gasteiger partial charge is 0.339 e. The van der Waals surface area contributed by atoms with Gasteiger partial charge in [-0.1, -0.05) is 36.4 Å². The van der Waals surface area contributed by atoms with E-state index >= 15 is 0 Å². The van der Waals surface area contributed by atoms with Gasteiger partial charge in [-0.25, -0.2) is 0 Å². The van der Waals surface area contributed by atoms with Crippen LogP contribution in [-0.2, 0) is 11.3 Å². The zero-order valence-electron chi connectivity index (χ0n) is 11.9. The number of benzene rings is 1. The smallest absolute Gasteiger partial charge is 0.223 e. The molecule has 0 saturated carbocycles. The van der Waals surface area contributed by atoms with Gasteiger partial charge in [0.05, 0.1) is 0 Å². The SMILES string of the molecule is CCN(Cc1ccccc1C)C(=O)CC1C=CCC1. The molecular weight excluding hydrogens is 234 g/mol. The Bertz CT molecular complexity index is 464. The highest BCUT2D eigenvalue weighted by Gasteiger charge is 2.18. The molecular formula is C17H23NO. The molecule has 1 aromatic rings. The Morgan fingerprint density at radius 2 is 2.16 bits per heavy atom. The van der Waals surface area contributed by atoms with E-state index < -0.39 is 0 Å². The molecule has 0 aliphatic heterocycles. The summed E-state index contributed by atoms with van der Waals surface area (Å²) in [6, 6.07) is 8.30. The Kier molecular flexibility index (Phi) is 4.78. The van der Waals surface area contributed by atoms with E-state index in [0.717, 1.165) is 25.9 Å². The van der Waals surface area contributed by atoms with E-state index in [-0.39, 0.29) is 5.91 Å². The van der Waals surface area contributed by atoms with Gasteiger partial charge in [-0.2, -0.15) is 0 Å². The molecule has 2 heteroatoms. The lowest BCUT2D eigenvalue weighted by atomic mass is 10.0. The van der Waals surface area contributed by atoms with Crippen LogP contribution in [0.1, 0.15) is 37.3 Å². The average molecular weight is 257 g/mol. The maximum atomic E-state index is 12.3. The molecule has 0 saturated heterocycles. The van der Waals surface area contributed by atoms with Crippen molar-refractivity contribution in [1.82, 2.24) is 4.90 Å². The number of carbonyl (C=O) groups is 1. The van der Waals surface area contributed by atoms with E-state index in [0.29, 0.717) is 12.3 Å². The molecule has 1 aliphatic carbocycles. The fraction of sp³-hybridized carbons (Fsp3) is 0.471. The minimum atomic E-state index is 0.280. The zero-order chi connectivity index (χ0) is 13.7. The van der Waals surface area contributed by atoms with E-state index in [1.54, 1.807) is 0 Å². The number of allylic oxidation sites excluding steroid dienone is 2. The number of hydrogen-bond donors (Lipinski definition) is 0. The van der Waals surface area contributed by atoms with Crippen LogP contribution in [0, 0.1) is 12.8 Å². The third kappa shape index (κ3) is 3.69. The van der Waals surface area contributed by atoms with Crippen molar-refractivity contribution in [2.45, 2.75) is 39.7 Å². The third-order valence-corrected chi connectivity index (χ3v) is 3.91. The van der Waals surface area contributed by atoms with E-state index in [1.807, 2.05) is 17.0 Å². The molecule has 0 radical (unpaired) electrons. The van der Waals surface area contributed by atoms with Gasteiger partial charge in [0.25, 0.3) is 0 Å². The Morgan fingerprint density at radius 3 is 2.79 bits per heavy atom. The highest BCUT2D eigenvalue weighted by atomic mass is 16.2. The van der Waals surface area contributed by atoms with Gasteiger partial charge < -0.3 is 4.90 Å². The molecule has 1 aromatic carbocycles. The van der Waals surface area contributed by atoms with Crippen LogP contribution in [0.25, 0.3) is 0 Å². The van der Waals surface area contributed by atoms with Crippen LogP contribution in [0.15, 0.2) is 36.4 Å². The quantitative estimate of drug-likeness (QED) is 0.737. The summed E-state index contributed by atoms with van der Waals surface area (Å²) < 4.78 is 0. The van der Waals surface area contributed by atoms with Crippen LogP contribution in [0.2, 0.25) is 0 Å². The van der Waals surface area contributed by atoms with Crippen LogP contribution in [0.4, 0.5) is 0 Å². The van der Waals surface area contributed by atoms with Crippen molar-refractivity contribution in [3.05, 3.63) is 47.5 Å². The first-order valence-corrected chi connectivity index (χ1v) is 7.19. The maximum absolute atomic E-state index is 12.3. The molecule has 0 bridgehead atoms. The number of amides is 1. The fourth-order valence-electron chi connectivity index (χ4n) is 2.59. The number of hydrogen-bond acceptors (Lipinski definition) is 1. The molecule has 1 amide bonds. The van der Waals surface area contributed by atoms with Crippen LogP contribution < -0.4 is 0 Å². The number of rotatable bonds is 5. The molecule has 0 spiro atoms. The van der Waals surface area contributed by atoms with Gasteiger partial charge >= 0.3 is 0 Å². The number of aryl methyl sites for hydroxylation is 1. The second kappa shape index (κ2) is 6.55. The normalized spacial score (nSPS) is 17.7. The van der Waals surface area contributed by atoms with Crippen LogP contribution >= 0.6 is 0 Å². The first-order chi connectivity index (χ1) is 9.20. The molecule has 1 atom stereocenters. The molecule has 0 fully saturated rings. The molecule has 0 heterocycles. The summed E-state index contributed by atoms with van der Waals surface area (Å²) in [5.74, 6) is 0.737. The second-order valence-electron chi connectivity index (χ2n) is 5.30. The maximum Gasteiger partial charge on any atom is 0.223 e. The van der Waals surface area contributed by atoms with Crippen molar-refractivity contribution in [3.8, 4) is 0 Å². The molecule has 1 unspecified atom stereocenters. The Morgan fingerprint density at radius 1 is 1.37 bits per heavy atom. The molecule has 19 heavy (non-hydrogen) atoms. The summed E-state index contributed by atoms with van der Waals surface area (Å²) in [7, 11) is 0. The van der Waals surface area contributed by atoms with Crippen molar-refractivity contribution < 1.29 is 4.79 Å². The first kappa shape index (κ1) is 13.9. The van der Waals surface area contributed by atoms with Gasteiger partial charge in [0, 0.05) is 19.5 Å². The van der Waals surface area contributed by atoms with Crippen molar-refractivity contribution in [2.75, 3.05) is 6.54 Å². The number of nitrogens with zero attached hydrogens (tertiary/aromatic N) is 1. The summed E-state index contributed by atoms with van der Waals surface area (Å²) in [5, 5.41) is 0. The number of carbonyl (C=O) groups excluding carboxylic acids is 1. The standard InChI is InChI=1S/C17H23NO/c1-3-18(13-16-11-7-4-8-14(16)2)17(19)12-15-9-5-6-10-15/h4-5,7-9,11,15H,3,6,10,12-13H2,1-2H3. The highest BCUT2D eigenvalue weighted by Crippen LogP contribution is 2.22. The second-order valence-corrected chi connectivity index (χ2v) is 5.30. The summed E-state index contributed by atoms with van der Waals surface area (Å²) in [5.41, 5.74) is 2.51. The first-order valence-electron chi connectivity index (χ1n) is 7.19. The van der Waals surface area contributed by atoms with Crippen LogP contribution in [-0.4, -0.2) is 17.4 Å². The third-order valence-electron chi connectivity index (χ3n) is 3.91. The van der Waals surface area contributed by atoms with Gasteiger partial charge in [0.15, 0.2) is 0 Å². The van der Waals surface area contributed by atoms with Gasteiger partial charge in [-0.15, -0.1) is 0 Å². The Balaban J connectivity index is 1.97. The summed E-state index contributed by atoms with van der Waals surface area (Å²) in [6.07, 6.45) is 7.31. The average Bonchev–Trinajstić information content (AvgIpc) is 2.90. The fourth-order valence-corrected chi connectivity index (χ4v) is 2.59. The molecule has 0 aromatic heterocycles. The van der Waals surface area contributed by atoms with Crippen molar-refractivity contribution in [3.63, 3.8) is 0 Å². The van der Waals surface area contributed by atoms with Crippen molar-refractivity contribution >= 4 is 5.91 Å². The minimum Gasteiger partial charge on any atom is -0.339 e.